The van der Waals surface area contributed by atoms with Gasteiger partial charge >= 0.3 is 0 Å². The zero-order chi connectivity index (χ0) is 13.1. The number of ether oxygens (including phenoxy) is 2. The standard InChI is InChI=1S/C16H24O2/c1-5-12-9-14(17-4)7-8-15(12)13(6-2)10-16-11(3)18-16/h7-9,11,13,16H,5-6,10H2,1-4H3. The highest BCUT2D eigenvalue weighted by Gasteiger charge is 2.36. The summed E-state index contributed by atoms with van der Waals surface area (Å²) in [5.41, 5.74) is 2.89. The van der Waals surface area contributed by atoms with Crippen molar-refractivity contribution < 1.29 is 9.47 Å². The van der Waals surface area contributed by atoms with Crippen molar-refractivity contribution >= 4 is 0 Å². The van der Waals surface area contributed by atoms with Gasteiger partial charge in [0.1, 0.15) is 5.75 Å². The number of rotatable bonds is 6. The van der Waals surface area contributed by atoms with Crippen molar-refractivity contribution in [2.75, 3.05) is 7.11 Å². The van der Waals surface area contributed by atoms with Crippen molar-refractivity contribution in [1.82, 2.24) is 0 Å². The Bertz CT molecular complexity index is 400. The van der Waals surface area contributed by atoms with E-state index in [-0.39, 0.29) is 0 Å². The second-order valence-corrected chi connectivity index (χ2v) is 5.14. The summed E-state index contributed by atoms with van der Waals surface area (Å²) >= 11 is 0. The van der Waals surface area contributed by atoms with E-state index in [1.54, 1.807) is 7.11 Å². The first-order valence-electron chi connectivity index (χ1n) is 7.01. The molecule has 1 fully saturated rings. The van der Waals surface area contributed by atoms with Gasteiger partial charge in [-0.1, -0.05) is 19.9 Å². The van der Waals surface area contributed by atoms with Crippen LogP contribution in [0.4, 0.5) is 0 Å². The monoisotopic (exact) mass is 248 g/mol. The van der Waals surface area contributed by atoms with Crippen LogP contribution >= 0.6 is 0 Å². The number of hydrogen-bond donors (Lipinski definition) is 0. The van der Waals surface area contributed by atoms with Crippen LogP contribution in [0.3, 0.4) is 0 Å². The molecule has 1 aliphatic rings. The van der Waals surface area contributed by atoms with Crippen LogP contribution in [0, 0.1) is 0 Å². The maximum Gasteiger partial charge on any atom is 0.119 e. The van der Waals surface area contributed by atoms with E-state index in [4.69, 9.17) is 9.47 Å². The molecule has 0 aromatic heterocycles. The second kappa shape index (κ2) is 5.75. The molecule has 18 heavy (non-hydrogen) atoms. The fraction of sp³-hybridized carbons (Fsp3) is 0.625. The van der Waals surface area contributed by atoms with Crippen LogP contribution in [-0.2, 0) is 11.2 Å². The summed E-state index contributed by atoms with van der Waals surface area (Å²) in [6.45, 7) is 6.63. The number of methoxy groups -OCH3 is 1. The molecular formula is C16H24O2. The van der Waals surface area contributed by atoms with E-state index in [9.17, 15) is 0 Å². The summed E-state index contributed by atoms with van der Waals surface area (Å²) in [7, 11) is 1.73. The zero-order valence-corrected chi connectivity index (χ0v) is 11.9. The van der Waals surface area contributed by atoms with Gasteiger partial charge in [-0.25, -0.2) is 0 Å². The quantitative estimate of drug-likeness (QED) is 0.711. The van der Waals surface area contributed by atoms with Crippen LogP contribution in [0.2, 0.25) is 0 Å². The van der Waals surface area contributed by atoms with Gasteiger partial charge in [-0.2, -0.15) is 0 Å². The molecule has 2 rings (SSSR count). The van der Waals surface area contributed by atoms with Crippen LogP contribution in [0.5, 0.6) is 5.75 Å². The van der Waals surface area contributed by atoms with Gasteiger partial charge in [0.05, 0.1) is 19.3 Å². The molecule has 0 aliphatic carbocycles. The molecule has 3 unspecified atom stereocenters. The van der Waals surface area contributed by atoms with Crippen LogP contribution in [0.15, 0.2) is 18.2 Å². The topological polar surface area (TPSA) is 21.8 Å². The highest BCUT2D eigenvalue weighted by atomic mass is 16.6. The van der Waals surface area contributed by atoms with Crippen LogP contribution in [0.25, 0.3) is 0 Å². The van der Waals surface area contributed by atoms with E-state index in [0.717, 1.165) is 18.6 Å². The van der Waals surface area contributed by atoms with Crippen molar-refractivity contribution in [3.05, 3.63) is 29.3 Å². The molecule has 1 aromatic rings. The van der Waals surface area contributed by atoms with Crippen molar-refractivity contribution in [2.24, 2.45) is 0 Å². The highest BCUT2D eigenvalue weighted by Crippen LogP contribution is 2.36. The van der Waals surface area contributed by atoms with Crippen LogP contribution in [-0.4, -0.2) is 19.3 Å². The lowest BCUT2D eigenvalue weighted by molar-refractivity contribution is 0.357. The SMILES string of the molecule is CCc1cc(OC)ccc1C(CC)CC1OC1C. The van der Waals surface area contributed by atoms with Crippen molar-refractivity contribution in [1.29, 1.82) is 0 Å². The van der Waals surface area contributed by atoms with E-state index >= 15 is 0 Å². The molecule has 1 aromatic carbocycles. The third-order valence-electron chi connectivity index (χ3n) is 4.02. The summed E-state index contributed by atoms with van der Waals surface area (Å²) in [5, 5.41) is 0. The third-order valence-corrected chi connectivity index (χ3v) is 4.02. The lowest BCUT2D eigenvalue weighted by atomic mass is 9.87. The van der Waals surface area contributed by atoms with Gasteiger partial charge in [-0.05, 0) is 55.4 Å². The first-order valence-corrected chi connectivity index (χ1v) is 7.01. The van der Waals surface area contributed by atoms with E-state index in [2.05, 4.69) is 39.0 Å². The molecular weight excluding hydrogens is 224 g/mol. The van der Waals surface area contributed by atoms with Crippen LogP contribution < -0.4 is 4.74 Å². The fourth-order valence-corrected chi connectivity index (χ4v) is 2.69. The molecule has 0 amide bonds. The average Bonchev–Trinajstić information content (AvgIpc) is 3.11. The summed E-state index contributed by atoms with van der Waals surface area (Å²) in [5.74, 6) is 1.57. The Labute approximate surface area is 110 Å². The third kappa shape index (κ3) is 2.86. The lowest BCUT2D eigenvalue weighted by Gasteiger charge is -2.18. The average molecular weight is 248 g/mol. The molecule has 1 heterocycles. The van der Waals surface area contributed by atoms with Crippen LogP contribution in [0.1, 0.15) is 50.7 Å². The van der Waals surface area contributed by atoms with Crippen molar-refractivity contribution in [2.45, 2.75) is 58.2 Å². The Morgan fingerprint density at radius 2 is 2.06 bits per heavy atom. The molecule has 100 valence electrons. The normalized spacial score (nSPS) is 23.8. The van der Waals surface area contributed by atoms with E-state index < -0.39 is 0 Å². The summed E-state index contributed by atoms with van der Waals surface area (Å²) in [4.78, 5) is 0. The molecule has 0 N–H and O–H groups in total. The number of aryl methyl sites for hydroxylation is 1. The van der Waals surface area contributed by atoms with Gasteiger partial charge < -0.3 is 9.47 Å². The fourth-order valence-electron chi connectivity index (χ4n) is 2.69. The smallest absolute Gasteiger partial charge is 0.119 e. The molecule has 2 nitrogen and oxygen atoms in total. The predicted molar refractivity (Wildman–Crippen MR) is 74.4 cm³/mol. The Morgan fingerprint density at radius 1 is 1.33 bits per heavy atom. The maximum absolute atomic E-state index is 5.56. The van der Waals surface area contributed by atoms with E-state index in [1.165, 1.54) is 17.5 Å². The summed E-state index contributed by atoms with van der Waals surface area (Å²) < 4.78 is 10.9. The first kappa shape index (κ1) is 13.4. The van der Waals surface area contributed by atoms with E-state index in [0.29, 0.717) is 18.1 Å². The molecule has 0 saturated carbocycles. The number of epoxide rings is 1. The van der Waals surface area contributed by atoms with Crippen molar-refractivity contribution in [3.63, 3.8) is 0 Å². The molecule has 0 bridgehead atoms. The molecule has 0 radical (unpaired) electrons. The molecule has 2 heteroatoms. The van der Waals surface area contributed by atoms with E-state index in [1.807, 2.05) is 0 Å². The first-order chi connectivity index (χ1) is 8.69. The van der Waals surface area contributed by atoms with Gasteiger partial charge in [0.2, 0.25) is 0 Å². The Morgan fingerprint density at radius 3 is 2.56 bits per heavy atom. The highest BCUT2D eigenvalue weighted by molar-refractivity contribution is 5.38. The minimum Gasteiger partial charge on any atom is -0.497 e. The Hall–Kier alpha value is -1.02. The van der Waals surface area contributed by atoms with Gasteiger partial charge in [-0.15, -0.1) is 0 Å². The van der Waals surface area contributed by atoms with Gasteiger partial charge in [0, 0.05) is 0 Å². The minimum atomic E-state index is 0.461. The maximum atomic E-state index is 5.56. The van der Waals surface area contributed by atoms with Gasteiger partial charge in [-0.3, -0.25) is 0 Å². The predicted octanol–water partition coefficient (Wildman–Crippen LogP) is 3.93. The second-order valence-electron chi connectivity index (χ2n) is 5.14. The Balaban J connectivity index is 2.18. The lowest BCUT2D eigenvalue weighted by Crippen LogP contribution is -2.06. The van der Waals surface area contributed by atoms with Crippen molar-refractivity contribution in [3.8, 4) is 5.75 Å². The molecule has 3 atom stereocenters. The Kier molecular flexibility index (Phi) is 4.28. The summed E-state index contributed by atoms with van der Waals surface area (Å²) in [6, 6.07) is 6.49. The zero-order valence-electron chi connectivity index (χ0n) is 11.9. The van der Waals surface area contributed by atoms with Gasteiger partial charge in [0.15, 0.2) is 0 Å². The van der Waals surface area contributed by atoms with Gasteiger partial charge in [0.25, 0.3) is 0 Å². The molecule has 1 aliphatic heterocycles. The number of hydrogen-bond acceptors (Lipinski definition) is 2. The summed E-state index contributed by atoms with van der Waals surface area (Å²) in [6.07, 6.45) is 4.32. The molecule has 0 spiro atoms. The largest absolute Gasteiger partial charge is 0.497 e. The molecule has 1 saturated heterocycles. The minimum absolute atomic E-state index is 0.461. The number of benzene rings is 1.